The lowest BCUT2D eigenvalue weighted by atomic mass is 10.1. The van der Waals surface area contributed by atoms with E-state index in [0.29, 0.717) is 5.56 Å². The number of Topliss-reactive ketones (excluding diaryl/α,β-unsaturated/α-hetero) is 1. The van der Waals surface area contributed by atoms with Gasteiger partial charge in [0.05, 0.1) is 16.5 Å². The van der Waals surface area contributed by atoms with Crippen molar-refractivity contribution in [3.63, 3.8) is 0 Å². The van der Waals surface area contributed by atoms with Gasteiger partial charge in [-0.25, -0.2) is 0 Å². The summed E-state index contributed by atoms with van der Waals surface area (Å²) in [5, 5.41) is 8.68. The summed E-state index contributed by atoms with van der Waals surface area (Å²) in [5.41, 5.74) is 1.68. The van der Waals surface area contributed by atoms with Gasteiger partial charge < -0.3 is 0 Å². The Hall–Kier alpha value is -1.92. The van der Waals surface area contributed by atoms with E-state index in [2.05, 4.69) is 6.07 Å². The zero-order valence-electron chi connectivity index (χ0n) is 8.73. The van der Waals surface area contributed by atoms with Gasteiger partial charge in [-0.2, -0.15) is 5.26 Å². The van der Waals surface area contributed by atoms with Crippen LogP contribution in [0.15, 0.2) is 36.4 Å². The summed E-state index contributed by atoms with van der Waals surface area (Å²) >= 11 is 1.48. The third kappa shape index (κ3) is 2.02. The molecule has 0 radical (unpaired) electrons. The van der Waals surface area contributed by atoms with E-state index in [1.54, 1.807) is 19.1 Å². The van der Waals surface area contributed by atoms with Crippen molar-refractivity contribution in [3.8, 4) is 16.5 Å². The van der Waals surface area contributed by atoms with Gasteiger partial charge in [-0.05, 0) is 36.8 Å². The predicted molar refractivity (Wildman–Crippen MR) is 64.5 cm³/mol. The van der Waals surface area contributed by atoms with Gasteiger partial charge in [0, 0.05) is 4.88 Å². The van der Waals surface area contributed by atoms with E-state index in [1.165, 1.54) is 11.3 Å². The first-order valence-electron chi connectivity index (χ1n) is 4.82. The standard InChI is InChI=1S/C13H9NOS/c1-9(15)12-6-7-13(16-12)11-4-2-10(8-14)3-5-11/h2-7H,1H3. The fraction of sp³-hybridized carbons (Fsp3) is 0.0769. The van der Waals surface area contributed by atoms with E-state index in [0.717, 1.165) is 15.3 Å². The Balaban J connectivity index is 2.36. The fourth-order valence-electron chi connectivity index (χ4n) is 1.39. The van der Waals surface area contributed by atoms with Crippen molar-refractivity contribution in [3.05, 3.63) is 46.8 Å². The molecule has 0 atom stereocenters. The van der Waals surface area contributed by atoms with Crippen LogP contribution in [0.25, 0.3) is 10.4 Å². The molecule has 3 heteroatoms. The van der Waals surface area contributed by atoms with E-state index in [9.17, 15) is 4.79 Å². The average Bonchev–Trinajstić information content (AvgIpc) is 2.78. The second-order valence-corrected chi connectivity index (χ2v) is 4.49. The molecular formula is C13H9NOS. The normalized spacial score (nSPS) is 9.75. The van der Waals surface area contributed by atoms with Crippen molar-refractivity contribution in [2.24, 2.45) is 0 Å². The lowest BCUT2D eigenvalue weighted by Gasteiger charge is -1.96. The zero-order valence-corrected chi connectivity index (χ0v) is 9.54. The number of benzene rings is 1. The van der Waals surface area contributed by atoms with Crippen LogP contribution in [0.1, 0.15) is 22.2 Å². The van der Waals surface area contributed by atoms with Crippen LogP contribution in [-0.2, 0) is 0 Å². The number of carbonyl (C=O) groups excluding carboxylic acids is 1. The van der Waals surface area contributed by atoms with Crippen molar-refractivity contribution in [2.45, 2.75) is 6.92 Å². The van der Waals surface area contributed by atoms with Crippen LogP contribution in [0.5, 0.6) is 0 Å². The number of ketones is 1. The van der Waals surface area contributed by atoms with Gasteiger partial charge in [-0.15, -0.1) is 11.3 Å². The third-order valence-corrected chi connectivity index (χ3v) is 3.49. The van der Waals surface area contributed by atoms with Gasteiger partial charge in [0.15, 0.2) is 5.78 Å². The minimum absolute atomic E-state index is 0.0879. The first kappa shape index (κ1) is 10.6. The van der Waals surface area contributed by atoms with Crippen molar-refractivity contribution >= 4 is 17.1 Å². The van der Waals surface area contributed by atoms with Crippen LogP contribution in [0, 0.1) is 11.3 Å². The maximum atomic E-state index is 11.2. The van der Waals surface area contributed by atoms with Gasteiger partial charge in [-0.3, -0.25) is 4.79 Å². The Morgan fingerprint density at radius 3 is 2.38 bits per heavy atom. The Bertz CT molecular complexity index is 560. The Labute approximate surface area is 97.8 Å². The van der Waals surface area contributed by atoms with E-state index in [4.69, 9.17) is 5.26 Å². The molecule has 1 aromatic heterocycles. The molecule has 1 aromatic carbocycles. The molecule has 0 amide bonds. The average molecular weight is 227 g/mol. The monoisotopic (exact) mass is 227 g/mol. The van der Waals surface area contributed by atoms with Crippen LogP contribution in [-0.4, -0.2) is 5.78 Å². The summed E-state index contributed by atoms with van der Waals surface area (Å²) in [6.07, 6.45) is 0. The van der Waals surface area contributed by atoms with Crippen molar-refractivity contribution < 1.29 is 4.79 Å². The summed E-state index contributed by atoms with van der Waals surface area (Å²) in [6, 6.07) is 13.2. The smallest absolute Gasteiger partial charge is 0.169 e. The SMILES string of the molecule is CC(=O)c1ccc(-c2ccc(C#N)cc2)s1. The Kier molecular flexibility index (Phi) is 2.84. The first-order chi connectivity index (χ1) is 7.70. The van der Waals surface area contributed by atoms with E-state index >= 15 is 0 Å². The van der Waals surface area contributed by atoms with Crippen molar-refractivity contribution in [1.29, 1.82) is 5.26 Å². The summed E-state index contributed by atoms with van der Waals surface area (Å²) in [5.74, 6) is 0.0879. The van der Waals surface area contributed by atoms with Crippen LogP contribution in [0.3, 0.4) is 0 Å². The van der Waals surface area contributed by atoms with Gasteiger partial charge in [0.25, 0.3) is 0 Å². The number of rotatable bonds is 2. The summed E-state index contributed by atoms with van der Waals surface area (Å²) < 4.78 is 0. The Morgan fingerprint density at radius 1 is 1.19 bits per heavy atom. The second-order valence-electron chi connectivity index (χ2n) is 3.41. The number of hydrogen-bond donors (Lipinski definition) is 0. The zero-order chi connectivity index (χ0) is 11.5. The molecule has 2 nitrogen and oxygen atoms in total. The molecule has 0 N–H and O–H groups in total. The molecule has 78 valence electrons. The van der Waals surface area contributed by atoms with E-state index in [1.807, 2.05) is 24.3 Å². The van der Waals surface area contributed by atoms with Gasteiger partial charge in [0.1, 0.15) is 0 Å². The third-order valence-electron chi connectivity index (χ3n) is 2.25. The van der Waals surface area contributed by atoms with Crippen molar-refractivity contribution in [2.75, 3.05) is 0 Å². The minimum atomic E-state index is 0.0879. The highest BCUT2D eigenvalue weighted by Gasteiger charge is 2.05. The first-order valence-corrected chi connectivity index (χ1v) is 5.63. The van der Waals surface area contributed by atoms with E-state index in [-0.39, 0.29) is 5.78 Å². The highest BCUT2D eigenvalue weighted by molar-refractivity contribution is 7.17. The quantitative estimate of drug-likeness (QED) is 0.737. The van der Waals surface area contributed by atoms with Gasteiger partial charge in [-0.1, -0.05) is 12.1 Å². The molecular weight excluding hydrogens is 218 g/mol. The van der Waals surface area contributed by atoms with Crippen LogP contribution in [0.4, 0.5) is 0 Å². The van der Waals surface area contributed by atoms with Gasteiger partial charge in [0.2, 0.25) is 0 Å². The van der Waals surface area contributed by atoms with E-state index < -0.39 is 0 Å². The molecule has 0 fully saturated rings. The maximum Gasteiger partial charge on any atom is 0.169 e. The number of nitriles is 1. The molecule has 0 aliphatic heterocycles. The lowest BCUT2D eigenvalue weighted by Crippen LogP contribution is -1.83. The Morgan fingerprint density at radius 2 is 1.88 bits per heavy atom. The maximum absolute atomic E-state index is 11.2. The van der Waals surface area contributed by atoms with Crippen LogP contribution < -0.4 is 0 Å². The largest absolute Gasteiger partial charge is 0.294 e. The highest BCUT2D eigenvalue weighted by atomic mass is 32.1. The molecule has 2 aromatic rings. The summed E-state index contributed by atoms with van der Waals surface area (Å²) in [6.45, 7) is 1.56. The molecule has 0 aliphatic carbocycles. The second kappa shape index (κ2) is 4.30. The summed E-state index contributed by atoms with van der Waals surface area (Å²) in [4.78, 5) is 13.0. The molecule has 0 saturated carbocycles. The number of carbonyl (C=O) groups is 1. The highest BCUT2D eigenvalue weighted by Crippen LogP contribution is 2.28. The minimum Gasteiger partial charge on any atom is -0.294 e. The number of thiophene rings is 1. The molecule has 0 spiro atoms. The molecule has 0 saturated heterocycles. The van der Waals surface area contributed by atoms with Gasteiger partial charge >= 0.3 is 0 Å². The molecule has 1 heterocycles. The fourth-order valence-corrected chi connectivity index (χ4v) is 2.30. The lowest BCUT2D eigenvalue weighted by molar-refractivity contribution is 0.102. The summed E-state index contributed by atoms with van der Waals surface area (Å²) in [7, 11) is 0. The van der Waals surface area contributed by atoms with Crippen molar-refractivity contribution in [1.82, 2.24) is 0 Å². The molecule has 2 rings (SSSR count). The molecule has 0 unspecified atom stereocenters. The molecule has 0 bridgehead atoms. The predicted octanol–water partition coefficient (Wildman–Crippen LogP) is 3.49. The van der Waals surface area contributed by atoms with Crippen LogP contribution >= 0.6 is 11.3 Å². The molecule has 16 heavy (non-hydrogen) atoms. The van der Waals surface area contributed by atoms with Crippen LogP contribution in [0.2, 0.25) is 0 Å². The number of hydrogen-bond acceptors (Lipinski definition) is 3. The number of nitrogens with zero attached hydrogens (tertiary/aromatic N) is 1. The topological polar surface area (TPSA) is 40.9 Å². The molecule has 0 aliphatic rings.